The van der Waals surface area contributed by atoms with Gasteiger partial charge in [0.1, 0.15) is 5.82 Å². The molecule has 0 radical (unpaired) electrons. The maximum atomic E-state index is 13.7. The van der Waals surface area contributed by atoms with Crippen LogP contribution in [0.2, 0.25) is 0 Å². The number of carbonyl (C=O) groups is 1. The van der Waals surface area contributed by atoms with Crippen LogP contribution in [-0.2, 0) is 16.0 Å². The first-order chi connectivity index (χ1) is 8.22. The number of ether oxygens (including phenoxy) is 1. The van der Waals surface area contributed by atoms with E-state index in [4.69, 9.17) is 0 Å². The maximum absolute atomic E-state index is 13.7. The van der Waals surface area contributed by atoms with E-state index in [0.29, 0.717) is 17.5 Å². The fourth-order valence-corrected chi connectivity index (χ4v) is 1.77. The highest BCUT2D eigenvalue weighted by molar-refractivity contribution is 5.85. The molecule has 88 valence electrons. The number of benzene rings is 1. The molecule has 0 saturated heterocycles. The Morgan fingerprint density at radius 1 is 1.41 bits per heavy atom. The van der Waals surface area contributed by atoms with Crippen molar-refractivity contribution < 1.29 is 13.9 Å². The Morgan fingerprint density at radius 2 is 2.24 bits per heavy atom. The highest BCUT2D eigenvalue weighted by Gasteiger charge is 2.09. The molecule has 1 aromatic heterocycles. The summed E-state index contributed by atoms with van der Waals surface area (Å²) >= 11 is 0. The highest BCUT2D eigenvalue weighted by atomic mass is 19.1. The van der Waals surface area contributed by atoms with Gasteiger partial charge < -0.3 is 4.74 Å². The lowest BCUT2D eigenvalue weighted by Gasteiger charge is -2.05. The molecule has 0 aliphatic rings. The first kappa shape index (κ1) is 11.5. The Morgan fingerprint density at radius 3 is 3.00 bits per heavy atom. The Labute approximate surface area is 98.2 Å². The summed E-state index contributed by atoms with van der Waals surface area (Å²) in [5.41, 5.74) is 0.589. The number of carbonyl (C=O) groups excluding carboxylic acids is 1. The molecule has 0 atom stereocenters. The lowest BCUT2D eigenvalue weighted by atomic mass is 10.1. The second-order valence-electron chi connectivity index (χ2n) is 3.67. The summed E-state index contributed by atoms with van der Waals surface area (Å²) < 4.78 is 18.3. The largest absolute Gasteiger partial charge is 0.469 e. The second-order valence-corrected chi connectivity index (χ2v) is 3.67. The van der Waals surface area contributed by atoms with Crippen LogP contribution in [0.3, 0.4) is 0 Å². The van der Waals surface area contributed by atoms with Crippen molar-refractivity contribution in [2.75, 3.05) is 7.11 Å². The van der Waals surface area contributed by atoms with E-state index in [1.807, 2.05) is 6.07 Å². The zero-order valence-electron chi connectivity index (χ0n) is 9.44. The van der Waals surface area contributed by atoms with Gasteiger partial charge in [-0.15, -0.1) is 0 Å². The van der Waals surface area contributed by atoms with Crippen LogP contribution in [0.25, 0.3) is 10.8 Å². The fourth-order valence-electron chi connectivity index (χ4n) is 1.77. The molecule has 2 aromatic rings. The van der Waals surface area contributed by atoms with Gasteiger partial charge in [0.05, 0.1) is 19.2 Å². The molecule has 17 heavy (non-hydrogen) atoms. The van der Waals surface area contributed by atoms with Gasteiger partial charge in [0.2, 0.25) is 0 Å². The third kappa shape index (κ3) is 2.41. The first-order valence-corrected chi connectivity index (χ1v) is 5.31. The maximum Gasteiger partial charge on any atom is 0.305 e. The molecule has 0 aliphatic carbocycles. The third-order valence-corrected chi connectivity index (χ3v) is 2.61. The third-order valence-electron chi connectivity index (χ3n) is 2.61. The molecule has 0 bridgehead atoms. The van der Waals surface area contributed by atoms with Crippen LogP contribution in [0.5, 0.6) is 0 Å². The van der Waals surface area contributed by atoms with Gasteiger partial charge in [-0.2, -0.15) is 0 Å². The number of esters is 1. The average molecular weight is 233 g/mol. The summed E-state index contributed by atoms with van der Waals surface area (Å²) in [5, 5.41) is 1.28. The Hall–Kier alpha value is -1.97. The number of aryl methyl sites for hydroxylation is 1. The number of methoxy groups -OCH3 is 1. The lowest BCUT2D eigenvalue weighted by Crippen LogP contribution is -2.03. The number of hydrogen-bond acceptors (Lipinski definition) is 3. The minimum Gasteiger partial charge on any atom is -0.469 e. The van der Waals surface area contributed by atoms with Gasteiger partial charge in [-0.05, 0) is 17.5 Å². The number of rotatable bonds is 3. The van der Waals surface area contributed by atoms with E-state index in [1.165, 1.54) is 13.2 Å². The van der Waals surface area contributed by atoms with E-state index in [0.717, 1.165) is 5.39 Å². The first-order valence-electron chi connectivity index (χ1n) is 5.31. The molecule has 2 rings (SSSR count). The van der Waals surface area contributed by atoms with Gasteiger partial charge in [-0.3, -0.25) is 9.78 Å². The van der Waals surface area contributed by atoms with Crippen molar-refractivity contribution in [3.63, 3.8) is 0 Å². The van der Waals surface area contributed by atoms with Crippen LogP contribution >= 0.6 is 0 Å². The molecule has 1 aromatic carbocycles. The van der Waals surface area contributed by atoms with Gasteiger partial charge in [-0.1, -0.05) is 12.1 Å². The Kier molecular flexibility index (Phi) is 3.32. The molecule has 0 unspecified atom stereocenters. The van der Waals surface area contributed by atoms with Crippen molar-refractivity contribution in [2.24, 2.45) is 0 Å². The highest BCUT2D eigenvalue weighted by Crippen LogP contribution is 2.21. The van der Waals surface area contributed by atoms with Crippen molar-refractivity contribution in [3.8, 4) is 0 Å². The van der Waals surface area contributed by atoms with Gasteiger partial charge in [-0.25, -0.2) is 4.39 Å². The molecular formula is C13H12FNO2. The predicted octanol–water partition coefficient (Wildman–Crippen LogP) is 2.48. The minimum atomic E-state index is -0.319. The van der Waals surface area contributed by atoms with E-state index >= 15 is 0 Å². The topological polar surface area (TPSA) is 39.2 Å². The van der Waals surface area contributed by atoms with Crippen molar-refractivity contribution in [1.82, 2.24) is 4.98 Å². The molecule has 0 saturated carbocycles. The zero-order chi connectivity index (χ0) is 12.3. The molecule has 0 aliphatic heterocycles. The van der Waals surface area contributed by atoms with Gasteiger partial charge >= 0.3 is 5.97 Å². The van der Waals surface area contributed by atoms with E-state index in [1.54, 1.807) is 18.3 Å². The second kappa shape index (κ2) is 4.91. The summed E-state index contributed by atoms with van der Waals surface area (Å²) in [6.45, 7) is 0. The van der Waals surface area contributed by atoms with E-state index < -0.39 is 0 Å². The summed E-state index contributed by atoms with van der Waals surface area (Å²) in [7, 11) is 1.33. The van der Waals surface area contributed by atoms with Crippen LogP contribution in [0.4, 0.5) is 4.39 Å². The molecule has 4 heteroatoms. The van der Waals surface area contributed by atoms with Gasteiger partial charge in [0.15, 0.2) is 0 Å². The van der Waals surface area contributed by atoms with Crippen LogP contribution in [0, 0.1) is 5.82 Å². The molecular weight excluding hydrogens is 221 g/mol. The summed E-state index contributed by atoms with van der Waals surface area (Å²) in [5.74, 6) is -0.629. The lowest BCUT2D eigenvalue weighted by molar-refractivity contribution is -0.140. The number of fused-ring (bicyclic) bond motifs is 1. The van der Waals surface area contributed by atoms with Crippen LogP contribution < -0.4 is 0 Å². The van der Waals surface area contributed by atoms with Crippen molar-refractivity contribution in [2.45, 2.75) is 12.8 Å². The van der Waals surface area contributed by atoms with Crippen LogP contribution in [-0.4, -0.2) is 18.1 Å². The summed E-state index contributed by atoms with van der Waals surface area (Å²) in [4.78, 5) is 15.2. The number of nitrogens with zero attached hydrogens (tertiary/aromatic N) is 1. The Balaban J connectivity index is 2.37. The van der Waals surface area contributed by atoms with Gasteiger partial charge in [0.25, 0.3) is 0 Å². The number of pyridine rings is 1. The minimum absolute atomic E-state index is 0.205. The average Bonchev–Trinajstić information content (AvgIpc) is 2.36. The standard InChI is InChI=1S/C13H12FNO2/c1-17-12(16)6-5-11-13-9(7-8-15-11)3-2-4-10(13)14/h2-4,7-8H,5-6H2,1H3. The molecule has 0 amide bonds. The predicted molar refractivity (Wildman–Crippen MR) is 62.0 cm³/mol. The van der Waals surface area contributed by atoms with Crippen molar-refractivity contribution in [3.05, 3.63) is 42.0 Å². The smallest absolute Gasteiger partial charge is 0.305 e. The number of aromatic nitrogens is 1. The molecule has 0 spiro atoms. The zero-order valence-corrected chi connectivity index (χ0v) is 9.44. The van der Waals surface area contributed by atoms with Gasteiger partial charge in [0, 0.05) is 18.0 Å². The Bertz CT molecular complexity index is 549. The summed E-state index contributed by atoms with van der Waals surface area (Å²) in [6.07, 6.45) is 2.20. The van der Waals surface area contributed by atoms with E-state index in [9.17, 15) is 9.18 Å². The van der Waals surface area contributed by atoms with Crippen molar-refractivity contribution in [1.29, 1.82) is 0 Å². The molecule has 3 nitrogen and oxygen atoms in total. The van der Waals surface area contributed by atoms with E-state index in [-0.39, 0.29) is 18.2 Å². The fraction of sp³-hybridized carbons (Fsp3) is 0.231. The SMILES string of the molecule is COC(=O)CCc1nccc2cccc(F)c12. The molecule has 0 N–H and O–H groups in total. The normalized spacial score (nSPS) is 10.5. The summed E-state index contributed by atoms with van der Waals surface area (Å²) in [6, 6.07) is 6.62. The van der Waals surface area contributed by atoms with Crippen LogP contribution in [0.15, 0.2) is 30.5 Å². The molecule has 0 fully saturated rings. The van der Waals surface area contributed by atoms with Crippen LogP contribution in [0.1, 0.15) is 12.1 Å². The monoisotopic (exact) mass is 233 g/mol. The van der Waals surface area contributed by atoms with E-state index in [2.05, 4.69) is 9.72 Å². The molecule has 1 heterocycles. The number of hydrogen-bond donors (Lipinski definition) is 0. The quantitative estimate of drug-likeness (QED) is 0.764. The van der Waals surface area contributed by atoms with Crippen molar-refractivity contribution >= 4 is 16.7 Å². The number of halogens is 1.